The Bertz CT molecular complexity index is 765. The quantitative estimate of drug-likeness (QED) is 0.481. The highest BCUT2D eigenvalue weighted by molar-refractivity contribution is 6.34. The van der Waals surface area contributed by atoms with Gasteiger partial charge in [-0.3, -0.25) is 0 Å². The van der Waals surface area contributed by atoms with Gasteiger partial charge in [-0.25, -0.2) is 0 Å². The topological polar surface area (TPSA) is 0 Å². The zero-order valence-electron chi connectivity index (χ0n) is 13.1. The van der Waals surface area contributed by atoms with Crippen molar-refractivity contribution >= 4 is 23.2 Å². The van der Waals surface area contributed by atoms with Gasteiger partial charge in [0.2, 0.25) is 0 Å². The van der Waals surface area contributed by atoms with Crippen LogP contribution >= 0.6 is 23.2 Å². The molecule has 0 amide bonds. The second-order valence-electron chi connectivity index (χ2n) is 7.74. The molecule has 0 radical (unpaired) electrons. The maximum Gasteiger partial charge on any atom is 0.0487 e. The maximum absolute atomic E-state index is 6.70. The minimum Gasteiger partial charge on any atom is -0.0843 e. The first-order valence-electron chi connectivity index (χ1n) is 8.77. The van der Waals surface area contributed by atoms with Crippen molar-refractivity contribution in [3.05, 3.63) is 57.6 Å². The van der Waals surface area contributed by atoms with E-state index in [9.17, 15) is 0 Å². The summed E-state index contributed by atoms with van der Waals surface area (Å²) in [7, 11) is 0. The second-order valence-corrected chi connectivity index (χ2v) is 8.58. The molecular weight excluding hydrogens is 323 g/mol. The molecule has 0 N–H and O–H groups in total. The van der Waals surface area contributed by atoms with E-state index in [1.54, 1.807) is 0 Å². The fraction of sp³-hybridized carbons (Fsp3) is 0.429. The van der Waals surface area contributed by atoms with Crippen molar-refractivity contribution in [2.75, 3.05) is 0 Å². The number of halogens is 2. The fourth-order valence-corrected chi connectivity index (χ4v) is 6.08. The van der Waals surface area contributed by atoms with Crippen LogP contribution in [0.4, 0.5) is 0 Å². The van der Waals surface area contributed by atoms with E-state index in [4.69, 9.17) is 23.2 Å². The van der Waals surface area contributed by atoms with Gasteiger partial charge in [-0.05, 0) is 90.7 Å². The standard InChI is InChI=1S/C21H20Cl2/c22-16-4-5-17-14-7-12-6-13(8-14)10-15(9-12)18-2-1-3-20(23)21(18)19(17)11-16/h1-5,11-15H,6-10H2. The van der Waals surface area contributed by atoms with Crippen molar-refractivity contribution < 1.29 is 0 Å². The molecule has 0 nitrogen and oxygen atoms in total. The zero-order chi connectivity index (χ0) is 15.6. The molecule has 118 valence electrons. The molecular formula is C21H20Cl2. The summed E-state index contributed by atoms with van der Waals surface area (Å²) in [6.45, 7) is 0. The highest BCUT2D eigenvalue weighted by Crippen LogP contribution is 2.56. The van der Waals surface area contributed by atoms with E-state index in [0.717, 1.165) is 21.9 Å². The first-order chi connectivity index (χ1) is 11.2. The van der Waals surface area contributed by atoms with E-state index in [0.29, 0.717) is 11.8 Å². The molecule has 2 atom stereocenters. The van der Waals surface area contributed by atoms with Crippen LogP contribution in [-0.4, -0.2) is 0 Å². The average molecular weight is 343 g/mol. The van der Waals surface area contributed by atoms with Gasteiger partial charge in [0.15, 0.2) is 0 Å². The molecule has 0 saturated heterocycles. The van der Waals surface area contributed by atoms with Crippen molar-refractivity contribution in [1.82, 2.24) is 0 Å². The molecule has 2 unspecified atom stereocenters. The number of rotatable bonds is 0. The summed E-state index contributed by atoms with van der Waals surface area (Å²) in [5, 5.41) is 1.70. The van der Waals surface area contributed by atoms with Gasteiger partial charge in [0.1, 0.15) is 0 Å². The monoisotopic (exact) mass is 342 g/mol. The Kier molecular flexibility index (Phi) is 3.29. The number of hydrogen-bond donors (Lipinski definition) is 0. The molecule has 4 bridgehead atoms. The largest absolute Gasteiger partial charge is 0.0843 e. The highest BCUT2D eigenvalue weighted by atomic mass is 35.5. The molecule has 6 rings (SSSR count). The lowest BCUT2D eigenvalue weighted by Crippen LogP contribution is -2.29. The van der Waals surface area contributed by atoms with Crippen LogP contribution in [0, 0.1) is 11.8 Å². The summed E-state index contributed by atoms with van der Waals surface area (Å²) in [6, 6.07) is 12.9. The van der Waals surface area contributed by atoms with Gasteiger partial charge in [0, 0.05) is 15.6 Å². The third-order valence-electron chi connectivity index (χ3n) is 6.35. The van der Waals surface area contributed by atoms with Crippen molar-refractivity contribution in [3.8, 4) is 11.1 Å². The summed E-state index contributed by atoms with van der Waals surface area (Å²) < 4.78 is 0. The van der Waals surface area contributed by atoms with Crippen molar-refractivity contribution in [1.29, 1.82) is 0 Å². The Balaban J connectivity index is 1.84. The molecule has 2 aromatic carbocycles. The lowest BCUT2D eigenvalue weighted by Gasteiger charge is -2.42. The van der Waals surface area contributed by atoms with Gasteiger partial charge < -0.3 is 0 Å². The molecule has 2 fully saturated rings. The molecule has 2 aromatic rings. The van der Waals surface area contributed by atoms with Crippen LogP contribution in [-0.2, 0) is 0 Å². The molecule has 23 heavy (non-hydrogen) atoms. The van der Waals surface area contributed by atoms with Crippen LogP contribution in [0.2, 0.25) is 10.0 Å². The van der Waals surface area contributed by atoms with Crippen molar-refractivity contribution in [2.45, 2.75) is 43.9 Å². The van der Waals surface area contributed by atoms with Crippen molar-refractivity contribution in [3.63, 3.8) is 0 Å². The van der Waals surface area contributed by atoms with E-state index in [-0.39, 0.29) is 0 Å². The van der Waals surface area contributed by atoms with Crippen LogP contribution in [0.15, 0.2) is 36.4 Å². The van der Waals surface area contributed by atoms with Gasteiger partial charge in [0.25, 0.3) is 0 Å². The third kappa shape index (κ3) is 2.26. The van der Waals surface area contributed by atoms with Crippen LogP contribution in [0.5, 0.6) is 0 Å². The normalized spacial score (nSPS) is 31.0. The van der Waals surface area contributed by atoms with Gasteiger partial charge >= 0.3 is 0 Å². The van der Waals surface area contributed by atoms with Crippen LogP contribution in [0.25, 0.3) is 11.1 Å². The summed E-state index contributed by atoms with van der Waals surface area (Å²) in [5.41, 5.74) is 5.47. The smallest absolute Gasteiger partial charge is 0.0487 e. The van der Waals surface area contributed by atoms with Gasteiger partial charge in [0.05, 0.1) is 0 Å². The zero-order valence-corrected chi connectivity index (χ0v) is 14.6. The molecule has 0 aliphatic heterocycles. The predicted octanol–water partition coefficient (Wildman–Crippen LogP) is 7.05. The molecule has 0 aromatic heterocycles. The lowest BCUT2D eigenvalue weighted by molar-refractivity contribution is 0.153. The molecule has 2 saturated carbocycles. The third-order valence-corrected chi connectivity index (χ3v) is 6.90. The average Bonchev–Trinajstić information content (AvgIpc) is 2.58. The van der Waals surface area contributed by atoms with E-state index in [1.165, 1.54) is 54.4 Å². The Morgan fingerprint density at radius 3 is 2.17 bits per heavy atom. The van der Waals surface area contributed by atoms with E-state index >= 15 is 0 Å². The fourth-order valence-electron chi connectivity index (χ4n) is 5.62. The van der Waals surface area contributed by atoms with Crippen LogP contribution in [0.3, 0.4) is 0 Å². The van der Waals surface area contributed by atoms with Crippen LogP contribution in [0.1, 0.15) is 55.1 Å². The highest BCUT2D eigenvalue weighted by Gasteiger charge is 2.40. The minimum absolute atomic E-state index is 0.665. The Morgan fingerprint density at radius 2 is 1.43 bits per heavy atom. The van der Waals surface area contributed by atoms with Gasteiger partial charge in [-0.1, -0.05) is 41.4 Å². The van der Waals surface area contributed by atoms with Crippen LogP contribution < -0.4 is 0 Å². The maximum atomic E-state index is 6.70. The van der Waals surface area contributed by atoms with E-state index < -0.39 is 0 Å². The Labute approximate surface area is 147 Å². The lowest BCUT2D eigenvalue weighted by atomic mass is 9.63. The molecule has 4 aliphatic carbocycles. The van der Waals surface area contributed by atoms with Gasteiger partial charge in [-0.15, -0.1) is 0 Å². The molecule has 4 aliphatic rings. The van der Waals surface area contributed by atoms with E-state index in [2.05, 4.69) is 30.3 Å². The predicted molar refractivity (Wildman–Crippen MR) is 97.4 cm³/mol. The minimum atomic E-state index is 0.665. The summed E-state index contributed by atoms with van der Waals surface area (Å²) in [6.07, 6.45) is 6.79. The molecule has 0 heterocycles. The summed E-state index contributed by atoms with van der Waals surface area (Å²) in [5.74, 6) is 3.10. The molecule has 0 spiro atoms. The SMILES string of the molecule is Clc1ccc2c(c1)-c1c(Cl)cccc1C1CC3CC(CC2C3)C1. The van der Waals surface area contributed by atoms with E-state index in [1.807, 2.05) is 6.07 Å². The number of benzene rings is 2. The number of hydrogen-bond acceptors (Lipinski definition) is 0. The Hall–Kier alpha value is -0.980. The van der Waals surface area contributed by atoms with Gasteiger partial charge in [-0.2, -0.15) is 0 Å². The molecule has 2 heteroatoms. The first-order valence-corrected chi connectivity index (χ1v) is 9.53. The Morgan fingerprint density at radius 1 is 0.739 bits per heavy atom. The summed E-state index contributed by atoms with van der Waals surface area (Å²) >= 11 is 13.1. The van der Waals surface area contributed by atoms with Crippen molar-refractivity contribution in [2.24, 2.45) is 11.8 Å². The second kappa shape index (κ2) is 5.26. The first kappa shape index (κ1) is 14.4. The summed E-state index contributed by atoms with van der Waals surface area (Å²) in [4.78, 5) is 0.